The van der Waals surface area contributed by atoms with E-state index < -0.39 is 6.10 Å². The fourth-order valence-electron chi connectivity index (χ4n) is 2.85. The van der Waals surface area contributed by atoms with Crippen LogP contribution < -0.4 is 10.6 Å². The van der Waals surface area contributed by atoms with Crippen LogP contribution in [0.25, 0.3) is 10.1 Å². The van der Waals surface area contributed by atoms with Crippen LogP contribution in [-0.4, -0.2) is 48.8 Å². The number of aliphatic hydroxyl groups is 1. The zero-order valence-electron chi connectivity index (χ0n) is 13.3. The Bertz CT molecular complexity index is 632. The third-order valence-electron chi connectivity index (χ3n) is 4.28. The zero-order valence-corrected chi connectivity index (χ0v) is 14.1. The molecule has 2 aromatic rings. The number of likely N-dealkylation sites (tertiary alicyclic amines) is 1. The van der Waals surface area contributed by atoms with Gasteiger partial charge in [0.2, 0.25) is 0 Å². The fraction of sp³-hybridized carbons (Fsp3) is 0.471. The van der Waals surface area contributed by atoms with E-state index in [1.165, 1.54) is 0 Å². The van der Waals surface area contributed by atoms with E-state index in [0.717, 1.165) is 40.9 Å². The SMILES string of the molecule is CN1CCC(NC(=O)NCC(O)c2cc3ccccc3s2)CC1. The summed E-state index contributed by atoms with van der Waals surface area (Å²) in [6.45, 7) is 2.25. The Morgan fingerprint density at radius 2 is 2.13 bits per heavy atom. The summed E-state index contributed by atoms with van der Waals surface area (Å²) >= 11 is 1.57. The summed E-state index contributed by atoms with van der Waals surface area (Å²) < 4.78 is 1.15. The third kappa shape index (κ3) is 4.22. The van der Waals surface area contributed by atoms with Crippen LogP contribution >= 0.6 is 11.3 Å². The molecule has 1 saturated heterocycles. The summed E-state index contributed by atoms with van der Waals surface area (Å²) in [6.07, 6.45) is 1.28. The maximum atomic E-state index is 12.0. The Morgan fingerprint density at radius 3 is 2.87 bits per heavy atom. The number of aliphatic hydroxyl groups excluding tert-OH is 1. The quantitative estimate of drug-likeness (QED) is 0.805. The normalized spacial score (nSPS) is 18.0. The lowest BCUT2D eigenvalue weighted by Crippen LogP contribution is -2.47. The number of fused-ring (bicyclic) bond motifs is 1. The summed E-state index contributed by atoms with van der Waals surface area (Å²) in [4.78, 5) is 15.1. The first-order valence-electron chi connectivity index (χ1n) is 8.01. The molecule has 6 heteroatoms. The number of benzene rings is 1. The van der Waals surface area contributed by atoms with E-state index in [0.29, 0.717) is 0 Å². The molecule has 0 spiro atoms. The average Bonchev–Trinajstić information content (AvgIpc) is 2.99. The topological polar surface area (TPSA) is 64.6 Å². The number of amides is 2. The molecule has 0 aliphatic carbocycles. The van der Waals surface area contributed by atoms with Crippen LogP contribution in [0.4, 0.5) is 4.79 Å². The molecule has 1 fully saturated rings. The van der Waals surface area contributed by atoms with Crippen molar-refractivity contribution in [3.8, 4) is 0 Å². The van der Waals surface area contributed by atoms with Gasteiger partial charge in [0.25, 0.3) is 0 Å². The van der Waals surface area contributed by atoms with Crippen LogP contribution in [-0.2, 0) is 0 Å². The van der Waals surface area contributed by atoms with Gasteiger partial charge in [-0.05, 0) is 50.5 Å². The van der Waals surface area contributed by atoms with E-state index in [2.05, 4.69) is 22.6 Å². The van der Waals surface area contributed by atoms with Crippen molar-refractivity contribution >= 4 is 27.5 Å². The van der Waals surface area contributed by atoms with Crippen molar-refractivity contribution in [2.45, 2.75) is 25.0 Å². The summed E-state index contributed by atoms with van der Waals surface area (Å²) in [5.41, 5.74) is 0. The predicted octanol–water partition coefficient (Wildman–Crippen LogP) is 2.33. The summed E-state index contributed by atoms with van der Waals surface area (Å²) in [7, 11) is 2.09. The highest BCUT2D eigenvalue weighted by atomic mass is 32.1. The van der Waals surface area contributed by atoms with Crippen molar-refractivity contribution in [2.24, 2.45) is 0 Å². The van der Waals surface area contributed by atoms with Gasteiger partial charge >= 0.3 is 6.03 Å². The first-order valence-corrected chi connectivity index (χ1v) is 8.83. The molecule has 2 heterocycles. The fourth-order valence-corrected chi connectivity index (χ4v) is 3.90. The second-order valence-corrected chi connectivity index (χ2v) is 7.25. The number of carbonyl (C=O) groups excluding carboxylic acids is 1. The van der Waals surface area contributed by atoms with Gasteiger partial charge in [0, 0.05) is 15.6 Å². The molecule has 23 heavy (non-hydrogen) atoms. The van der Waals surface area contributed by atoms with Crippen LogP contribution in [0, 0.1) is 0 Å². The number of thiophene rings is 1. The zero-order chi connectivity index (χ0) is 16.2. The first-order chi connectivity index (χ1) is 11.1. The van der Waals surface area contributed by atoms with Gasteiger partial charge in [-0.3, -0.25) is 0 Å². The van der Waals surface area contributed by atoms with Crippen LogP contribution in [0.5, 0.6) is 0 Å². The number of piperidine rings is 1. The molecule has 0 radical (unpaired) electrons. The smallest absolute Gasteiger partial charge is 0.315 e. The molecule has 1 atom stereocenters. The number of urea groups is 1. The predicted molar refractivity (Wildman–Crippen MR) is 93.8 cm³/mol. The van der Waals surface area contributed by atoms with Gasteiger partial charge in [-0.1, -0.05) is 18.2 Å². The summed E-state index contributed by atoms with van der Waals surface area (Å²) in [6, 6.07) is 10.1. The molecule has 1 aliphatic heterocycles. The molecule has 1 aromatic carbocycles. The number of rotatable bonds is 4. The summed E-state index contributed by atoms with van der Waals surface area (Å²) in [5, 5.41) is 17.2. The van der Waals surface area contributed by atoms with Gasteiger partial charge in [-0.25, -0.2) is 4.79 Å². The maximum Gasteiger partial charge on any atom is 0.315 e. The van der Waals surface area contributed by atoms with E-state index in [4.69, 9.17) is 0 Å². The van der Waals surface area contributed by atoms with Crippen molar-refractivity contribution in [3.63, 3.8) is 0 Å². The Morgan fingerprint density at radius 1 is 1.39 bits per heavy atom. The van der Waals surface area contributed by atoms with E-state index in [1.807, 2.05) is 30.3 Å². The van der Waals surface area contributed by atoms with Crippen molar-refractivity contribution < 1.29 is 9.90 Å². The molecule has 3 rings (SSSR count). The lowest BCUT2D eigenvalue weighted by molar-refractivity contribution is 0.173. The van der Waals surface area contributed by atoms with E-state index >= 15 is 0 Å². The number of hydrogen-bond donors (Lipinski definition) is 3. The van der Waals surface area contributed by atoms with Gasteiger partial charge in [0.15, 0.2) is 0 Å². The van der Waals surface area contributed by atoms with Gasteiger partial charge < -0.3 is 20.6 Å². The van der Waals surface area contributed by atoms with Crippen molar-refractivity contribution in [1.29, 1.82) is 0 Å². The third-order valence-corrected chi connectivity index (χ3v) is 5.50. The highest BCUT2D eigenvalue weighted by molar-refractivity contribution is 7.19. The van der Waals surface area contributed by atoms with Gasteiger partial charge in [-0.2, -0.15) is 0 Å². The number of nitrogens with zero attached hydrogens (tertiary/aromatic N) is 1. The molecule has 5 nitrogen and oxygen atoms in total. The van der Waals surface area contributed by atoms with Crippen molar-refractivity contribution in [2.75, 3.05) is 26.7 Å². The Hall–Kier alpha value is -1.63. The van der Waals surface area contributed by atoms with Crippen molar-refractivity contribution in [1.82, 2.24) is 15.5 Å². The number of nitrogens with one attached hydrogen (secondary N) is 2. The minimum atomic E-state index is -0.671. The largest absolute Gasteiger partial charge is 0.386 e. The maximum absolute atomic E-state index is 12.0. The molecule has 0 bridgehead atoms. The number of carbonyl (C=O) groups is 1. The minimum absolute atomic E-state index is 0.195. The first kappa shape index (κ1) is 16.2. The van der Waals surface area contributed by atoms with E-state index in [9.17, 15) is 9.90 Å². The Balaban J connectivity index is 1.48. The lowest BCUT2D eigenvalue weighted by atomic mass is 10.1. The Kier molecular flexibility index (Phi) is 5.15. The molecule has 3 N–H and O–H groups in total. The molecule has 1 aromatic heterocycles. The van der Waals surface area contributed by atoms with Crippen LogP contribution in [0.1, 0.15) is 23.8 Å². The standard InChI is InChI=1S/C17H23N3O2S/c1-20-8-6-13(7-9-20)19-17(22)18-11-14(21)16-10-12-4-2-3-5-15(12)23-16/h2-5,10,13-14,21H,6-9,11H2,1H3,(H2,18,19,22). The molecule has 124 valence electrons. The van der Waals surface area contributed by atoms with Gasteiger partial charge in [-0.15, -0.1) is 11.3 Å². The van der Waals surface area contributed by atoms with Gasteiger partial charge in [0.05, 0.1) is 6.54 Å². The van der Waals surface area contributed by atoms with E-state index in [1.54, 1.807) is 11.3 Å². The molecule has 2 amide bonds. The molecular weight excluding hydrogens is 310 g/mol. The van der Waals surface area contributed by atoms with E-state index in [-0.39, 0.29) is 18.6 Å². The molecular formula is C17H23N3O2S. The minimum Gasteiger partial charge on any atom is -0.386 e. The van der Waals surface area contributed by atoms with Gasteiger partial charge in [0.1, 0.15) is 6.10 Å². The monoisotopic (exact) mass is 333 g/mol. The molecule has 0 saturated carbocycles. The van der Waals surface area contributed by atoms with Crippen LogP contribution in [0.15, 0.2) is 30.3 Å². The lowest BCUT2D eigenvalue weighted by Gasteiger charge is -2.29. The van der Waals surface area contributed by atoms with Crippen molar-refractivity contribution in [3.05, 3.63) is 35.2 Å². The molecule has 1 aliphatic rings. The average molecular weight is 333 g/mol. The highest BCUT2D eigenvalue weighted by Crippen LogP contribution is 2.29. The Labute approximate surface area is 140 Å². The van der Waals surface area contributed by atoms with Crippen LogP contribution in [0.2, 0.25) is 0 Å². The number of hydrogen-bond acceptors (Lipinski definition) is 4. The summed E-state index contributed by atoms with van der Waals surface area (Å²) in [5.74, 6) is 0. The second-order valence-electron chi connectivity index (χ2n) is 6.13. The highest BCUT2D eigenvalue weighted by Gasteiger charge is 2.19. The molecule has 1 unspecified atom stereocenters. The van der Waals surface area contributed by atoms with Crippen LogP contribution in [0.3, 0.4) is 0 Å². The second kappa shape index (κ2) is 7.29.